The van der Waals surface area contributed by atoms with Crippen molar-refractivity contribution in [2.45, 2.75) is 79.1 Å². The summed E-state index contributed by atoms with van der Waals surface area (Å²) in [5, 5.41) is 18.9. The van der Waals surface area contributed by atoms with E-state index >= 15 is 0 Å². The minimum Gasteiger partial charge on any atom is -0.492 e. The highest BCUT2D eigenvalue weighted by molar-refractivity contribution is 5.56. The molecule has 0 aliphatic carbocycles. The van der Waals surface area contributed by atoms with Gasteiger partial charge in [0.1, 0.15) is 23.6 Å². The van der Waals surface area contributed by atoms with E-state index in [0.717, 1.165) is 25.7 Å². The molecule has 4 nitrogen and oxygen atoms in total. The van der Waals surface area contributed by atoms with E-state index < -0.39 is 0 Å². The van der Waals surface area contributed by atoms with Crippen molar-refractivity contribution in [1.29, 1.82) is 10.5 Å². The average molecular weight is 385 g/mol. The van der Waals surface area contributed by atoms with Crippen LogP contribution in [0.4, 0.5) is 0 Å². The van der Waals surface area contributed by atoms with E-state index in [1.165, 1.54) is 25.7 Å². The number of unbranched alkanes of at least 4 members (excludes halogenated alkanes) is 2. The molecule has 154 valence electrons. The van der Waals surface area contributed by atoms with Crippen molar-refractivity contribution in [3.05, 3.63) is 23.3 Å². The summed E-state index contributed by atoms with van der Waals surface area (Å²) < 4.78 is 12.0. The second-order valence-corrected chi connectivity index (χ2v) is 7.52. The van der Waals surface area contributed by atoms with E-state index in [2.05, 4.69) is 39.8 Å². The zero-order valence-electron chi connectivity index (χ0n) is 18.1. The predicted octanol–water partition coefficient (Wildman–Crippen LogP) is 6.62. The van der Waals surface area contributed by atoms with Gasteiger partial charge in [0.25, 0.3) is 0 Å². The van der Waals surface area contributed by atoms with E-state index in [9.17, 15) is 10.5 Å². The molecule has 0 amide bonds. The molecule has 0 aliphatic rings. The first-order chi connectivity index (χ1) is 13.6. The van der Waals surface area contributed by atoms with Gasteiger partial charge in [-0.2, -0.15) is 10.5 Å². The number of nitrogens with zero attached hydrogens (tertiary/aromatic N) is 2. The monoisotopic (exact) mass is 384 g/mol. The molecule has 0 heterocycles. The van der Waals surface area contributed by atoms with Crippen molar-refractivity contribution in [3.63, 3.8) is 0 Å². The lowest BCUT2D eigenvalue weighted by Crippen LogP contribution is -2.13. The van der Waals surface area contributed by atoms with Crippen LogP contribution in [0.25, 0.3) is 0 Å². The average Bonchev–Trinajstić information content (AvgIpc) is 2.73. The Morgan fingerprint density at radius 3 is 1.50 bits per heavy atom. The number of rotatable bonds is 14. The Labute approximate surface area is 171 Å². The summed E-state index contributed by atoms with van der Waals surface area (Å²) in [6.07, 6.45) is 9.08. The third-order valence-corrected chi connectivity index (χ3v) is 5.36. The number of ether oxygens (including phenoxy) is 2. The molecule has 0 N–H and O–H groups in total. The smallest absolute Gasteiger partial charge is 0.140 e. The van der Waals surface area contributed by atoms with Gasteiger partial charge in [-0.25, -0.2) is 0 Å². The van der Waals surface area contributed by atoms with Crippen LogP contribution in [0.5, 0.6) is 11.5 Å². The first kappa shape index (κ1) is 23.8. The van der Waals surface area contributed by atoms with Gasteiger partial charge in [0.05, 0.1) is 24.3 Å². The van der Waals surface area contributed by atoms with Gasteiger partial charge >= 0.3 is 0 Å². The number of benzene rings is 1. The summed E-state index contributed by atoms with van der Waals surface area (Å²) in [5.74, 6) is 2.00. The van der Waals surface area contributed by atoms with Crippen LogP contribution in [0.1, 0.15) is 90.2 Å². The third-order valence-electron chi connectivity index (χ3n) is 5.36. The Hall–Kier alpha value is -2.20. The topological polar surface area (TPSA) is 66.0 Å². The molecule has 0 spiro atoms. The SMILES string of the molecule is CCCCC(CC)COc1cc(OCC(CC)CCCC)c(C#N)cc1C#N. The molecule has 0 fully saturated rings. The zero-order chi connectivity index (χ0) is 20.8. The fourth-order valence-corrected chi connectivity index (χ4v) is 3.19. The molecule has 2 unspecified atom stereocenters. The summed E-state index contributed by atoms with van der Waals surface area (Å²) in [6, 6.07) is 7.63. The molecule has 1 aromatic carbocycles. The van der Waals surface area contributed by atoms with Gasteiger partial charge in [0, 0.05) is 6.07 Å². The summed E-state index contributed by atoms with van der Waals surface area (Å²) in [4.78, 5) is 0. The van der Waals surface area contributed by atoms with Crippen LogP contribution in [0.2, 0.25) is 0 Å². The second-order valence-electron chi connectivity index (χ2n) is 7.52. The quantitative estimate of drug-likeness (QED) is 0.361. The summed E-state index contributed by atoms with van der Waals surface area (Å²) >= 11 is 0. The Bertz CT molecular complexity index is 605. The molecule has 4 heteroatoms. The summed E-state index contributed by atoms with van der Waals surface area (Å²) in [5.41, 5.74) is 0.791. The number of nitriles is 2. The van der Waals surface area contributed by atoms with Crippen molar-refractivity contribution in [3.8, 4) is 23.6 Å². The van der Waals surface area contributed by atoms with Crippen LogP contribution in [0.3, 0.4) is 0 Å². The molecule has 0 aromatic heterocycles. The fourth-order valence-electron chi connectivity index (χ4n) is 3.19. The van der Waals surface area contributed by atoms with Gasteiger partial charge in [-0.1, -0.05) is 66.2 Å². The van der Waals surface area contributed by atoms with E-state index in [1.807, 2.05) is 0 Å². The molecule has 1 aromatic rings. The predicted molar refractivity (Wildman–Crippen MR) is 113 cm³/mol. The van der Waals surface area contributed by atoms with E-state index in [-0.39, 0.29) is 0 Å². The zero-order valence-corrected chi connectivity index (χ0v) is 18.1. The number of hydrogen-bond acceptors (Lipinski definition) is 4. The van der Waals surface area contributed by atoms with E-state index in [0.29, 0.717) is 47.7 Å². The largest absolute Gasteiger partial charge is 0.492 e. The van der Waals surface area contributed by atoms with Crippen molar-refractivity contribution in [2.24, 2.45) is 11.8 Å². The lowest BCUT2D eigenvalue weighted by Gasteiger charge is -2.19. The van der Waals surface area contributed by atoms with Crippen LogP contribution in [-0.2, 0) is 0 Å². The van der Waals surface area contributed by atoms with Gasteiger partial charge in [-0.15, -0.1) is 0 Å². The maximum absolute atomic E-state index is 9.47. The van der Waals surface area contributed by atoms with Crippen LogP contribution >= 0.6 is 0 Å². The van der Waals surface area contributed by atoms with Gasteiger partial charge in [0.15, 0.2) is 0 Å². The maximum atomic E-state index is 9.47. The third kappa shape index (κ3) is 7.81. The molecule has 1 rings (SSSR count). The Morgan fingerprint density at radius 2 is 1.18 bits per heavy atom. The van der Waals surface area contributed by atoms with Crippen LogP contribution in [-0.4, -0.2) is 13.2 Å². The minimum absolute atomic E-state index is 0.396. The summed E-state index contributed by atoms with van der Waals surface area (Å²) in [6.45, 7) is 9.90. The van der Waals surface area contributed by atoms with Crippen molar-refractivity contribution in [1.82, 2.24) is 0 Å². The highest BCUT2D eigenvalue weighted by Gasteiger charge is 2.16. The molecule has 28 heavy (non-hydrogen) atoms. The van der Waals surface area contributed by atoms with Crippen molar-refractivity contribution >= 4 is 0 Å². The van der Waals surface area contributed by atoms with Gasteiger partial charge < -0.3 is 9.47 Å². The molecule has 0 bridgehead atoms. The maximum Gasteiger partial charge on any atom is 0.140 e. The number of hydrogen-bond donors (Lipinski definition) is 0. The first-order valence-electron chi connectivity index (χ1n) is 10.9. The fraction of sp³-hybridized carbons (Fsp3) is 0.667. The first-order valence-corrected chi connectivity index (χ1v) is 10.9. The van der Waals surface area contributed by atoms with Crippen LogP contribution < -0.4 is 9.47 Å². The molecular formula is C24H36N2O2. The highest BCUT2D eigenvalue weighted by Crippen LogP contribution is 2.30. The molecule has 0 radical (unpaired) electrons. The normalized spacial score (nSPS) is 12.6. The lowest BCUT2D eigenvalue weighted by molar-refractivity contribution is 0.222. The Kier molecular flexibility index (Phi) is 11.8. The van der Waals surface area contributed by atoms with Gasteiger partial charge in [-0.05, 0) is 30.7 Å². The second kappa shape index (κ2) is 13.9. The van der Waals surface area contributed by atoms with Gasteiger partial charge in [0.2, 0.25) is 0 Å². The van der Waals surface area contributed by atoms with E-state index in [4.69, 9.17) is 9.47 Å². The van der Waals surface area contributed by atoms with Crippen molar-refractivity contribution in [2.75, 3.05) is 13.2 Å². The Morgan fingerprint density at radius 1 is 0.750 bits per heavy atom. The highest BCUT2D eigenvalue weighted by atomic mass is 16.5. The molecule has 0 saturated heterocycles. The van der Waals surface area contributed by atoms with Crippen LogP contribution in [0.15, 0.2) is 12.1 Å². The Balaban J connectivity index is 2.91. The summed E-state index contributed by atoms with van der Waals surface area (Å²) in [7, 11) is 0. The minimum atomic E-state index is 0.396. The molecular weight excluding hydrogens is 348 g/mol. The van der Waals surface area contributed by atoms with Crippen LogP contribution in [0, 0.1) is 34.5 Å². The molecule has 2 atom stereocenters. The standard InChI is InChI=1S/C24H36N2O2/c1-5-9-11-19(7-3)17-27-23-14-24(22(16-26)13-21(23)15-25)28-18-20(8-4)12-10-6-2/h13-14,19-20H,5-12,17-18H2,1-4H3. The lowest BCUT2D eigenvalue weighted by atomic mass is 10.0. The molecule has 0 saturated carbocycles. The van der Waals surface area contributed by atoms with Gasteiger partial charge in [-0.3, -0.25) is 0 Å². The molecule has 0 aliphatic heterocycles. The van der Waals surface area contributed by atoms with E-state index in [1.54, 1.807) is 12.1 Å². The van der Waals surface area contributed by atoms with Crippen molar-refractivity contribution < 1.29 is 9.47 Å².